The lowest BCUT2D eigenvalue weighted by atomic mass is 10.2. The van der Waals surface area contributed by atoms with Crippen molar-refractivity contribution < 1.29 is 4.42 Å². The van der Waals surface area contributed by atoms with E-state index in [1.165, 1.54) is 5.56 Å². The van der Waals surface area contributed by atoms with Gasteiger partial charge in [-0.05, 0) is 12.1 Å². The summed E-state index contributed by atoms with van der Waals surface area (Å²) < 4.78 is 5.39. The molecule has 0 bridgehead atoms. The summed E-state index contributed by atoms with van der Waals surface area (Å²) in [6.07, 6.45) is 0. The molecule has 0 amide bonds. The fourth-order valence-electron chi connectivity index (χ4n) is 1.71. The largest absolute Gasteiger partial charge is 0.424 e. The molecule has 1 aromatic heterocycles. The van der Waals surface area contributed by atoms with Gasteiger partial charge < -0.3 is 4.42 Å². The molecule has 0 spiro atoms. The Balaban J connectivity index is 1.98. The van der Waals surface area contributed by atoms with Crippen LogP contribution in [0.25, 0.3) is 0 Å². The van der Waals surface area contributed by atoms with Crippen LogP contribution in [0, 0.1) is 6.92 Å². The van der Waals surface area contributed by atoms with Gasteiger partial charge in [0.2, 0.25) is 11.8 Å². The Labute approximate surface area is 101 Å². The fraction of sp³-hybridized carbons (Fsp3) is 0.385. The highest BCUT2D eigenvalue weighted by atomic mass is 16.4. The number of benzene rings is 1. The molecule has 4 nitrogen and oxygen atoms in total. The SMILES string of the molecule is CCN(Cc1ccccc1)Cc1nnc(C)o1. The minimum Gasteiger partial charge on any atom is -0.424 e. The summed E-state index contributed by atoms with van der Waals surface area (Å²) in [4.78, 5) is 2.27. The summed E-state index contributed by atoms with van der Waals surface area (Å²) >= 11 is 0. The highest BCUT2D eigenvalue weighted by Gasteiger charge is 2.09. The van der Waals surface area contributed by atoms with Gasteiger partial charge in [-0.2, -0.15) is 0 Å². The van der Waals surface area contributed by atoms with Crippen molar-refractivity contribution in [2.45, 2.75) is 26.9 Å². The Hall–Kier alpha value is -1.68. The minimum absolute atomic E-state index is 0.621. The molecular formula is C13H17N3O. The fourth-order valence-corrected chi connectivity index (χ4v) is 1.71. The minimum atomic E-state index is 0.621. The van der Waals surface area contributed by atoms with Crippen LogP contribution >= 0.6 is 0 Å². The molecule has 0 saturated carbocycles. The molecule has 0 aliphatic carbocycles. The zero-order valence-corrected chi connectivity index (χ0v) is 10.3. The summed E-state index contributed by atoms with van der Waals surface area (Å²) in [5, 5.41) is 7.85. The molecule has 90 valence electrons. The smallest absolute Gasteiger partial charge is 0.230 e. The van der Waals surface area contributed by atoms with Gasteiger partial charge in [0, 0.05) is 13.5 Å². The van der Waals surface area contributed by atoms with E-state index >= 15 is 0 Å². The zero-order chi connectivity index (χ0) is 12.1. The van der Waals surface area contributed by atoms with Gasteiger partial charge in [0.1, 0.15) is 0 Å². The summed E-state index contributed by atoms with van der Waals surface area (Å²) in [7, 11) is 0. The molecule has 0 fully saturated rings. The molecule has 2 rings (SSSR count). The van der Waals surface area contributed by atoms with E-state index in [0.717, 1.165) is 13.1 Å². The molecule has 0 aliphatic rings. The van der Waals surface area contributed by atoms with Crippen LogP contribution in [0.2, 0.25) is 0 Å². The van der Waals surface area contributed by atoms with Crippen LogP contribution in [0.4, 0.5) is 0 Å². The normalized spacial score (nSPS) is 11.0. The van der Waals surface area contributed by atoms with Crippen molar-refractivity contribution in [3.63, 3.8) is 0 Å². The number of rotatable bonds is 5. The van der Waals surface area contributed by atoms with Crippen molar-refractivity contribution in [2.24, 2.45) is 0 Å². The van der Waals surface area contributed by atoms with Gasteiger partial charge in [-0.25, -0.2) is 0 Å². The van der Waals surface area contributed by atoms with E-state index in [1.807, 2.05) is 13.0 Å². The van der Waals surface area contributed by atoms with Crippen molar-refractivity contribution in [1.82, 2.24) is 15.1 Å². The molecule has 0 atom stereocenters. The first kappa shape index (κ1) is 11.8. The summed E-state index contributed by atoms with van der Waals surface area (Å²) in [6.45, 7) is 6.50. The first-order valence-corrected chi connectivity index (χ1v) is 5.83. The monoisotopic (exact) mass is 231 g/mol. The van der Waals surface area contributed by atoms with Gasteiger partial charge in [-0.15, -0.1) is 10.2 Å². The quantitative estimate of drug-likeness (QED) is 0.792. The number of hydrogen-bond acceptors (Lipinski definition) is 4. The zero-order valence-electron chi connectivity index (χ0n) is 10.3. The van der Waals surface area contributed by atoms with E-state index in [0.29, 0.717) is 18.3 Å². The first-order valence-electron chi connectivity index (χ1n) is 5.83. The third-order valence-corrected chi connectivity index (χ3v) is 2.62. The second-order valence-corrected chi connectivity index (χ2v) is 4.00. The highest BCUT2D eigenvalue weighted by molar-refractivity contribution is 5.14. The van der Waals surface area contributed by atoms with Crippen LogP contribution in [0.5, 0.6) is 0 Å². The Morgan fingerprint density at radius 2 is 1.88 bits per heavy atom. The molecule has 0 N–H and O–H groups in total. The second-order valence-electron chi connectivity index (χ2n) is 4.00. The number of nitrogens with zero attached hydrogens (tertiary/aromatic N) is 3. The molecule has 2 aromatic rings. The Kier molecular flexibility index (Phi) is 3.88. The molecule has 1 aromatic carbocycles. The molecular weight excluding hydrogens is 214 g/mol. The van der Waals surface area contributed by atoms with E-state index in [9.17, 15) is 0 Å². The standard InChI is InChI=1S/C13H17N3O/c1-3-16(9-12-7-5-4-6-8-12)10-13-15-14-11(2)17-13/h4-8H,3,9-10H2,1-2H3. The first-order chi connectivity index (χ1) is 8.28. The van der Waals surface area contributed by atoms with Crippen LogP contribution in [0.1, 0.15) is 24.3 Å². The van der Waals surface area contributed by atoms with E-state index in [4.69, 9.17) is 4.42 Å². The second kappa shape index (κ2) is 5.59. The summed E-state index contributed by atoms with van der Waals surface area (Å²) in [5.41, 5.74) is 1.30. The number of hydrogen-bond donors (Lipinski definition) is 0. The third-order valence-electron chi connectivity index (χ3n) is 2.62. The molecule has 4 heteroatoms. The van der Waals surface area contributed by atoms with Crippen molar-refractivity contribution in [1.29, 1.82) is 0 Å². The Morgan fingerprint density at radius 3 is 2.47 bits per heavy atom. The molecule has 0 unspecified atom stereocenters. The van der Waals surface area contributed by atoms with Gasteiger partial charge in [-0.1, -0.05) is 37.3 Å². The average molecular weight is 231 g/mol. The Bertz CT molecular complexity index is 453. The number of aryl methyl sites for hydroxylation is 1. The Morgan fingerprint density at radius 1 is 1.12 bits per heavy atom. The van der Waals surface area contributed by atoms with Crippen LogP contribution in [-0.2, 0) is 13.1 Å². The lowest BCUT2D eigenvalue weighted by molar-refractivity contribution is 0.241. The van der Waals surface area contributed by atoms with Crippen LogP contribution in [0.3, 0.4) is 0 Å². The maximum absolute atomic E-state index is 5.39. The third kappa shape index (κ3) is 3.39. The molecule has 0 radical (unpaired) electrons. The number of aromatic nitrogens is 2. The van der Waals surface area contributed by atoms with Gasteiger partial charge in [-0.3, -0.25) is 4.90 Å². The van der Waals surface area contributed by atoms with Crippen molar-refractivity contribution in [3.8, 4) is 0 Å². The van der Waals surface area contributed by atoms with Gasteiger partial charge in [0.05, 0.1) is 6.54 Å². The van der Waals surface area contributed by atoms with Crippen LogP contribution < -0.4 is 0 Å². The molecule has 17 heavy (non-hydrogen) atoms. The average Bonchev–Trinajstić information content (AvgIpc) is 2.75. The van der Waals surface area contributed by atoms with Crippen LogP contribution in [0.15, 0.2) is 34.7 Å². The van der Waals surface area contributed by atoms with Gasteiger partial charge in [0.25, 0.3) is 0 Å². The lowest BCUT2D eigenvalue weighted by Gasteiger charge is -2.18. The predicted molar refractivity (Wildman–Crippen MR) is 65.3 cm³/mol. The van der Waals surface area contributed by atoms with E-state index < -0.39 is 0 Å². The molecule has 1 heterocycles. The summed E-state index contributed by atoms with van der Waals surface area (Å²) in [5.74, 6) is 1.30. The van der Waals surface area contributed by atoms with E-state index in [1.54, 1.807) is 0 Å². The van der Waals surface area contributed by atoms with E-state index in [-0.39, 0.29) is 0 Å². The van der Waals surface area contributed by atoms with Gasteiger partial charge in [0.15, 0.2) is 0 Å². The highest BCUT2D eigenvalue weighted by Crippen LogP contribution is 2.08. The van der Waals surface area contributed by atoms with Crippen LogP contribution in [-0.4, -0.2) is 21.6 Å². The van der Waals surface area contributed by atoms with Crippen molar-refractivity contribution in [3.05, 3.63) is 47.7 Å². The molecule has 0 aliphatic heterocycles. The topological polar surface area (TPSA) is 42.2 Å². The van der Waals surface area contributed by atoms with Gasteiger partial charge >= 0.3 is 0 Å². The maximum Gasteiger partial charge on any atom is 0.230 e. The van der Waals surface area contributed by atoms with Crippen molar-refractivity contribution >= 4 is 0 Å². The predicted octanol–water partition coefficient (Wildman–Crippen LogP) is 2.40. The lowest BCUT2D eigenvalue weighted by Crippen LogP contribution is -2.22. The summed E-state index contributed by atoms with van der Waals surface area (Å²) in [6, 6.07) is 10.4. The van der Waals surface area contributed by atoms with Crippen molar-refractivity contribution in [2.75, 3.05) is 6.54 Å². The van der Waals surface area contributed by atoms with E-state index in [2.05, 4.69) is 46.3 Å². The maximum atomic E-state index is 5.39. The molecule has 0 saturated heterocycles.